The second-order valence-electron chi connectivity index (χ2n) is 9.58. The highest BCUT2D eigenvalue weighted by Crippen LogP contribution is 2.35. The van der Waals surface area contributed by atoms with Crippen molar-refractivity contribution in [1.82, 2.24) is 9.88 Å². The van der Waals surface area contributed by atoms with Crippen molar-refractivity contribution in [3.8, 4) is 0 Å². The summed E-state index contributed by atoms with van der Waals surface area (Å²) in [5.41, 5.74) is 1.43. The summed E-state index contributed by atoms with van der Waals surface area (Å²) in [7, 11) is -3.31. The van der Waals surface area contributed by atoms with Gasteiger partial charge in [0.15, 0.2) is 9.84 Å². The van der Waals surface area contributed by atoms with Gasteiger partial charge in [-0.05, 0) is 73.5 Å². The van der Waals surface area contributed by atoms with Gasteiger partial charge in [-0.1, -0.05) is 25.1 Å². The summed E-state index contributed by atoms with van der Waals surface area (Å²) in [6.07, 6.45) is -4.75. The van der Waals surface area contributed by atoms with Crippen LogP contribution in [0.2, 0.25) is 0 Å². The molecule has 0 saturated heterocycles. The molecule has 0 aliphatic rings. The first kappa shape index (κ1) is 28.4. The van der Waals surface area contributed by atoms with Crippen LogP contribution in [0.1, 0.15) is 59.6 Å². The first-order valence-corrected chi connectivity index (χ1v) is 14.0. The number of carbonyl (C=O) groups excluding carboxylic acids is 1. The maximum atomic E-state index is 13.6. The average Bonchev–Trinajstić information content (AvgIpc) is 3.25. The molecular weight excluding hydrogens is 532 g/mol. The van der Waals surface area contributed by atoms with Crippen molar-refractivity contribution in [2.75, 3.05) is 5.75 Å². The summed E-state index contributed by atoms with van der Waals surface area (Å²) in [5, 5.41) is 3.50. The lowest BCUT2D eigenvalue weighted by Crippen LogP contribution is -2.22. The molecule has 0 aliphatic heterocycles. The molecular formula is C29H28F4N2O3S. The van der Waals surface area contributed by atoms with Crippen LogP contribution >= 0.6 is 0 Å². The molecule has 0 fully saturated rings. The number of aromatic nitrogens is 1. The number of fused-ring (bicyclic) bond motifs is 1. The van der Waals surface area contributed by atoms with Crippen molar-refractivity contribution in [2.24, 2.45) is 0 Å². The van der Waals surface area contributed by atoms with Gasteiger partial charge >= 0.3 is 6.18 Å². The van der Waals surface area contributed by atoms with Crippen molar-refractivity contribution in [2.45, 2.75) is 50.9 Å². The lowest BCUT2D eigenvalue weighted by atomic mass is 10.0. The van der Waals surface area contributed by atoms with E-state index in [1.807, 2.05) is 18.4 Å². The zero-order valence-corrected chi connectivity index (χ0v) is 22.5. The van der Waals surface area contributed by atoms with Gasteiger partial charge in [0.2, 0.25) is 0 Å². The third-order valence-electron chi connectivity index (χ3n) is 6.56. The first-order chi connectivity index (χ1) is 18.3. The minimum Gasteiger partial charge on any atom is -0.348 e. The summed E-state index contributed by atoms with van der Waals surface area (Å²) in [5.74, 6) is -1.30. The van der Waals surface area contributed by atoms with Crippen LogP contribution in [0, 0.1) is 5.82 Å². The van der Waals surface area contributed by atoms with E-state index < -0.39 is 27.4 Å². The van der Waals surface area contributed by atoms with E-state index in [4.69, 9.17) is 0 Å². The summed E-state index contributed by atoms with van der Waals surface area (Å²) in [6, 6.07) is 15.8. The van der Waals surface area contributed by atoms with E-state index >= 15 is 0 Å². The smallest absolute Gasteiger partial charge is 0.348 e. The van der Waals surface area contributed by atoms with Crippen LogP contribution in [0.4, 0.5) is 17.6 Å². The van der Waals surface area contributed by atoms with E-state index in [2.05, 4.69) is 5.32 Å². The molecule has 1 heterocycles. The Morgan fingerprint density at radius 3 is 2.28 bits per heavy atom. The van der Waals surface area contributed by atoms with Gasteiger partial charge < -0.3 is 9.88 Å². The van der Waals surface area contributed by atoms with E-state index in [9.17, 15) is 30.8 Å². The fraction of sp³-hybridized carbons (Fsp3) is 0.276. The van der Waals surface area contributed by atoms with Gasteiger partial charge in [0, 0.05) is 41.2 Å². The molecule has 0 saturated carbocycles. The maximum Gasteiger partial charge on any atom is 0.416 e. The highest BCUT2D eigenvalue weighted by atomic mass is 32.2. The van der Waals surface area contributed by atoms with Crippen LogP contribution in [0.25, 0.3) is 10.9 Å². The van der Waals surface area contributed by atoms with Crippen molar-refractivity contribution in [1.29, 1.82) is 0 Å². The van der Waals surface area contributed by atoms with Crippen molar-refractivity contribution >= 4 is 26.6 Å². The van der Waals surface area contributed by atoms with E-state index in [1.54, 1.807) is 43.3 Å². The van der Waals surface area contributed by atoms with Crippen LogP contribution in [-0.2, 0) is 29.0 Å². The van der Waals surface area contributed by atoms with Crippen molar-refractivity contribution < 1.29 is 30.8 Å². The third kappa shape index (κ3) is 6.16. The third-order valence-corrected chi connectivity index (χ3v) is 8.31. The van der Waals surface area contributed by atoms with Crippen LogP contribution in [0.5, 0.6) is 0 Å². The summed E-state index contributed by atoms with van der Waals surface area (Å²) >= 11 is 0. The fourth-order valence-corrected chi connectivity index (χ4v) is 5.49. The van der Waals surface area contributed by atoms with Crippen molar-refractivity contribution in [3.63, 3.8) is 0 Å². The number of alkyl halides is 3. The molecule has 0 aliphatic carbocycles. The van der Waals surface area contributed by atoms with Gasteiger partial charge in [-0.2, -0.15) is 13.2 Å². The molecule has 0 radical (unpaired) electrons. The average molecular weight is 561 g/mol. The van der Waals surface area contributed by atoms with Crippen LogP contribution in [-0.4, -0.2) is 24.6 Å². The number of hydrogen-bond donors (Lipinski definition) is 1. The van der Waals surface area contributed by atoms with Crippen molar-refractivity contribution in [3.05, 3.63) is 100 Å². The molecule has 0 bridgehead atoms. The molecule has 4 aromatic rings. The van der Waals surface area contributed by atoms with E-state index in [0.29, 0.717) is 22.7 Å². The molecule has 0 unspecified atom stereocenters. The minimum absolute atomic E-state index is 0.000793. The Bertz CT molecular complexity index is 1620. The summed E-state index contributed by atoms with van der Waals surface area (Å²) in [6.45, 7) is 5.58. The molecule has 1 amide bonds. The number of nitrogens with zero attached hydrogens (tertiary/aromatic N) is 1. The number of benzene rings is 3. The zero-order valence-electron chi connectivity index (χ0n) is 21.6. The summed E-state index contributed by atoms with van der Waals surface area (Å²) < 4.78 is 80.2. The standard InChI is InChI=1S/C29H28F4N2O3S/c1-4-39(37,38)25-10-5-19(6-11-25)17-34-28(36)21-8-12-27-22(13-21)15-24(35(27)18(2)3)14-20-7-9-23(30)16-26(20)29(31,32)33/h5-13,15-16,18H,4,14,17H2,1-3H3,(H,34,36). The van der Waals surface area contributed by atoms with Crippen LogP contribution in [0.15, 0.2) is 71.6 Å². The van der Waals surface area contributed by atoms with E-state index in [0.717, 1.165) is 23.2 Å². The molecule has 39 heavy (non-hydrogen) atoms. The van der Waals surface area contributed by atoms with Gasteiger partial charge in [0.25, 0.3) is 5.91 Å². The molecule has 1 N–H and O–H groups in total. The molecule has 206 valence electrons. The number of carbonyl (C=O) groups is 1. The number of halogens is 4. The monoisotopic (exact) mass is 560 g/mol. The molecule has 1 aromatic heterocycles. The Labute approximate surface area is 224 Å². The Hall–Kier alpha value is -3.66. The Kier molecular flexibility index (Phi) is 7.88. The largest absolute Gasteiger partial charge is 0.416 e. The SMILES string of the molecule is CCS(=O)(=O)c1ccc(CNC(=O)c2ccc3c(c2)cc(Cc2ccc(F)cc2C(F)(F)F)n3C(C)C)cc1. The highest BCUT2D eigenvalue weighted by molar-refractivity contribution is 7.91. The lowest BCUT2D eigenvalue weighted by Gasteiger charge is -2.17. The molecule has 5 nitrogen and oxygen atoms in total. The second kappa shape index (κ2) is 10.8. The first-order valence-electron chi connectivity index (χ1n) is 12.4. The number of hydrogen-bond acceptors (Lipinski definition) is 3. The topological polar surface area (TPSA) is 68.2 Å². The predicted octanol–water partition coefficient (Wildman–Crippen LogP) is 6.69. The van der Waals surface area contributed by atoms with Gasteiger partial charge in [-0.25, -0.2) is 12.8 Å². The second-order valence-corrected chi connectivity index (χ2v) is 11.9. The molecule has 3 aromatic carbocycles. The minimum atomic E-state index is -4.69. The maximum absolute atomic E-state index is 13.6. The molecule has 4 rings (SSSR count). The normalized spacial score (nSPS) is 12.3. The molecule has 0 spiro atoms. The lowest BCUT2D eigenvalue weighted by molar-refractivity contribution is -0.138. The number of nitrogens with one attached hydrogen (secondary N) is 1. The van der Waals surface area contributed by atoms with E-state index in [1.165, 1.54) is 12.1 Å². The van der Waals surface area contributed by atoms with Gasteiger partial charge in [0.05, 0.1) is 16.2 Å². The predicted molar refractivity (Wildman–Crippen MR) is 142 cm³/mol. The summed E-state index contributed by atoms with van der Waals surface area (Å²) in [4.78, 5) is 13.1. The van der Waals surface area contributed by atoms with Gasteiger partial charge in [-0.3, -0.25) is 4.79 Å². The Morgan fingerprint density at radius 1 is 0.974 bits per heavy atom. The van der Waals surface area contributed by atoms with Crippen LogP contribution < -0.4 is 5.32 Å². The fourth-order valence-electron chi connectivity index (χ4n) is 4.61. The zero-order chi connectivity index (χ0) is 28.5. The number of amides is 1. The Morgan fingerprint density at radius 2 is 1.67 bits per heavy atom. The highest BCUT2D eigenvalue weighted by Gasteiger charge is 2.34. The van der Waals surface area contributed by atoms with Gasteiger partial charge in [-0.15, -0.1) is 0 Å². The van der Waals surface area contributed by atoms with Gasteiger partial charge in [0.1, 0.15) is 5.82 Å². The van der Waals surface area contributed by atoms with E-state index in [-0.39, 0.29) is 41.1 Å². The number of rotatable bonds is 8. The van der Waals surface area contributed by atoms with Crippen LogP contribution in [0.3, 0.4) is 0 Å². The Balaban J connectivity index is 1.58. The molecule has 10 heteroatoms. The number of sulfone groups is 1. The molecule has 0 atom stereocenters. The quantitative estimate of drug-likeness (QED) is 0.244.